The van der Waals surface area contributed by atoms with Gasteiger partial charge in [-0.3, -0.25) is 9.59 Å². The first-order valence-electron chi connectivity index (χ1n) is 10.3. The summed E-state index contributed by atoms with van der Waals surface area (Å²) in [5, 5.41) is 28.9. The van der Waals surface area contributed by atoms with Gasteiger partial charge in [-0.1, -0.05) is 30.4 Å². The van der Waals surface area contributed by atoms with Gasteiger partial charge in [-0.05, 0) is 37.5 Å². The number of benzene rings is 1. The molecule has 1 aromatic carbocycles. The zero-order valence-electron chi connectivity index (χ0n) is 17.4. The molecule has 1 fully saturated rings. The molecule has 0 bridgehead atoms. The molecule has 6 nitrogen and oxygen atoms in total. The first kappa shape index (κ1) is 25.6. The molecule has 0 radical (unpaired) electrons. The standard InChI is InChI=1S/C23H27F3O6/c24-23(25,26)15-6-5-7-17(12-15)32-14-16(27)10-11-19-18(20(28)13-21(19)29)8-3-1-2-4-9-22(30)31/h1,3,5-7,10-12,16,18-19,21,27,29H,2,4,8-9,13-14H2,(H,30,31)/b3-1-,11-10+/t16-,18+,19+,21+/m0/s1. The minimum Gasteiger partial charge on any atom is -0.491 e. The minimum absolute atomic E-state index is 0.00333. The van der Waals surface area contributed by atoms with Gasteiger partial charge in [-0.2, -0.15) is 13.2 Å². The number of hydrogen-bond acceptors (Lipinski definition) is 5. The lowest BCUT2D eigenvalue weighted by molar-refractivity contribution is -0.138. The second-order valence-electron chi connectivity index (χ2n) is 7.70. The first-order chi connectivity index (χ1) is 15.1. The Labute approximate surface area is 184 Å². The Morgan fingerprint density at radius 3 is 2.72 bits per heavy atom. The molecule has 1 aliphatic carbocycles. The van der Waals surface area contributed by atoms with E-state index in [9.17, 15) is 33.0 Å². The Hall–Kier alpha value is -2.65. The molecule has 1 aromatic rings. The third-order valence-electron chi connectivity index (χ3n) is 5.19. The Bertz CT molecular complexity index is 833. The maximum absolute atomic E-state index is 12.8. The molecule has 0 spiro atoms. The number of aliphatic carboxylic acids is 1. The number of ketones is 1. The van der Waals surface area contributed by atoms with Gasteiger partial charge in [0.05, 0.1) is 11.7 Å². The van der Waals surface area contributed by atoms with Gasteiger partial charge in [-0.15, -0.1) is 0 Å². The molecule has 1 aliphatic rings. The highest BCUT2D eigenvalue weighted by Gasteiger charge is 2.39. The van der Waals surface area contributed by atoms with Crippen molar-refractivity contribution in [3.63, 3.8) is 0 Å². The summed E-state index contributed by atoms with van der Waals surface area (Å²) in [6.45, 7) is -0.289. The van der Waals surface area contributed by atoms with E-state index in [0.29, 0.717) is 19.3 Å². The average molecular weight is 456 g/mol. The van der Waals surface area contributed by atoms with Gasteiger partial charge in [0.1, 0.15) is 24.2 Å². The van der Waals surface area contributed by atoms with Crippen LogP contribution in [0.5, 0.6) is 5.75 Å². The molecule has 176 valence electrons. The van der Waals surface area contributed by atoms with Crippen LogP contribution in [0.1, 0.15) is 37.7 Å². The first-order valence-corrected chi connectivity index (χ1v) is 10.3. The SMILES string of the molecule is O=C(O)CCC/C=C\C[C@H]1C(=O)C[C@@H](O)[C@@H]1/C=C/[C@H](O)COc1cccc(C(F)(F)F)c1. The fourth-order valence-corrected chi connectivity index (χ4v) is 3.52. The topological polar surface area (TPSA) is 104 Å². The van der Waals surface area contributed by atoms with Gasteiger partial charge in [0.15, 0.2) is 0 Å². The number of halogens is 3. The van der Waals surface area contributed by atoms with Gasteiger partial charge in [0, 0.05) is 24.7 Å². The number of hydrogen-bond donors (Lipinski definition) is 3. The molecule has 0 amide bonds. The largest absolute Gasteiger partial charge is 0.491 e. The zero-order chi connectivity index (χ0) is 23.7. The van der Waals surface area contributed by atoms with Gasteiger partial charge >= 0.3 is 12.1 Å². The monoisotopic (exact) mass is 456 g/mol. The predicted octanol–water partition coefficient (Wildman–Crippen LogP) is 3.77. The third kappa shape index (κ3) is 8.12. The van der Waals surface area contributed by atoms with Crippen molar-refractivity contribution in [2.75, 3.05) is 6.61 Å². The molecule has 0 aromatic heterocycles. The van der Waals surface area contributed by atoms with Crippen molar-refractivity contribution in [3.05, 3.63) is 54.1 Å². The van der Waals surface area contributed by atoms with E-state index >= 15 is 0 Å². The summed E-state index contributed by atoms with van der Waals surface area (Å²) >= 11 is 0. The summed E-state index contributed by atoms with van der Waals surface area (Å²) in [5.74, 6) is -1.97. The number of carbonyl (C=O) groups is 2. The number of carboxylic acids is 1. The highest BCUT2D eigenvalue weighted by atomic mass is 19.4. The number of carbonyl (C=O) groups excluding carboxylic acids is 1. The number of aliphatic hydroxyl groups is 2. The van der Waals surface area contributed by atoms with Crippen molar-refractivity contribution in [1.82, 2.24) is 0 Å². The van der Waals surface area contributed by atoms with Crippen molar-refractivity contribution < 1.29 is 42.8 Å². The Morgan fingerprint density at radius 2 is 2.03 bits per heavy atom. The summed E-state index contributed by atoms with van der Waals surface area (Å²) in [7, 11) is 0. The van der Waals surface area contributed by atoms with E-state index in [0.717, 1.165) is 12.1 Å². The van der Waals surface area contributed by atoms with Crippen LogP contribution >= 0.6 is 0 Å². The molecular weight excluding hydrogens is 429 g/mol. The van der Waals surface area contributed by atoms with Crippen LogP contribution in [0.4, 0.5) is 13.2 Å². The number of unbranched alkanes of at least 4 members (excludes halogenated alkanes) is 1. The van der Waals surface area contributed by atoms with E-state index in [1.54, 1.807) is 18.2 Å². The van der Waals surface area contributed by atoms with Crippen LogP contribution in [-0.4, -0.2) is 45.9 Å². The van der Waals surface area contributed by atoms with Crippen molar-refractivity contribution >= 4 is 11.8 Å². The predicted molar refractivity (Wildman–Crippen MR) is 110 cm³/mol. The number of carboxylic acid groups (broad SMARTS) is 1. The maximum Gasteiger partial charge on any atom is 0.416 e. The Morgan fingerprint density at radius 1 is 1.28 bits per heavy atom. The van der Waals surface area contributed by atoms with E-state index in [4.69, 9.17) is 9.84 Å². The molecule has 1 saturated carbocycles. The van der Waals surface area contributed by atoms with Gasteiger partial charge in [0.2, 0.25) is 0 Å². The van der Waals surface area contributed by atoms with Gasteiger partial charge < -0.3 is 20.1 Å². The molecule has 4 atom stereocenters. The molecule has 32 heavy (non-hydrogen) atoms. The highest BCUT2D eigenvalue weighted by Crippen LogP contribution is 2.34. The maximum atomic E-state index is 12.8. The van der Waals surface area contributed by atoms with E-state index in [1.807, 2.05) is 0 Å². The number of alkyl halides is 3. The molecular formula is C23H27F3O6. The lowest BCUT2D eigenvalue weighted by atomic mass is 9.90. The van der Waals surface area contributed by atoms with Crippen molar-refractivity contribution in [2.45, 2.75) is 50.5 Å². The van der Waals surface area contributed by atoms with Crippen LogP contribution in [0.25, 0.3) is 0 Å². The van der Waals surface area contributed by atoms with Crippen LogP contribution in [0.15, 0.2) is 48.6 Å². The normalized spacial score (nSPS) is 22.7. The minimum atomic E-state index is -4.50. The van der Waals surface area contributed by atoms with Crippen LogP contribution in [0, 0.1) is 11.8 Å². The molecule has 0 saturated heterocycles. The van der Waals surface area contributed by atoms with Crippen molar-refractivity contribution in [3.8, 4) is 5.75 Å². The average Bonchev–Trinajstić information content (AvgIpc) is 2.99. The summed E-state index contributed by atoms with van der Waals surface area (Å²) < 4.78 is 43.5. The van der Waals surface area contributed by atoms with Gasteiger partial charge in [0.25, 0.3) is 0 Å². The summed E-state index contributed by atoms with van der Waals surface area (Å²) in [6, 6.07) is 4.32. The molecule has 0 unspecified atom stereocenters. The third-order valence-corrected chi connectivity index (χ3v) is 5.19. The van der Waals surface area contributed by atoms with E-state index in [2.05, 4.69) is 0 Å². The van der Waals surface area contributed by atoms with E-state index < -0.39 is 41.8 Å². The zero-order valence-corrected chi connectivity index (χ0v) is 17.4. The quantitative estimate of drug-likeness (QED) is 0.346. The van der Waals surface area contributed by atoms with Crippen molar-refractivity contribution in [2.24, 2.45) is 11.8 Å². The highest BCUT2D eigenvalue weighted by molar-refractivity contribution is 5.84. The fraction of sp³-hybridized carbons (Fsp3) is 0.478. The van der Waals surface area contributed by atoms with Crippen LogP contribution < -0.4 is 4.74 Å². The molecule has 2 rings (SSSR count). The fourth-order valence-electron chi connectivity index (χ4n) is 3.52. The van der Waals surface area contributed by atoms with Crippen molar-refractivity contribution in [1.29, 1.82) is 0 Å². The Balaban J connectivity index is 1.88. The summed E-state index contributed by atoms with van der Waals surface area (Å²) in [5.41, 5.74) is -0.855. The molecule has 3 N–H and O–H groups in total. The number of allylic oxidation sites excluding steroid dienone is 2. The second-order valence-corrected chi connectivity index (χ2v) is 7.70. The van der Waals surface area contributed by atoms with Crippen LogP contribution in [-0.2, 0) is 15.8 Å². The lowest BCUT2D eigenvalue weighted by Gasteiger charge is -2.17. The number of ether oxygens (including phenoxy) is 1. The molecule has 0 heterocycles. The Kier molecular flexibility index (Phi) is 9.46. The second kappa shape index (κ2) is 11.8. The van der Waals surface area contributed by atoms with Crippen LogP contribution in [0.3, 0.4) is 0 Å². The molecule has 9 heteroatoms. The number of aliphatic hydroxyl groups excluding tert-OH is 2. The van der Waals surface area contributed by atoms with Gasteiger partial charge in [-0.25, -0.2) is 0 Å². The van der Waals surface area contributed by atoms with E-state index in [-0.39, 0.29) is 31.0 Å². The molecule has 0 aliphatic heterocycles. The lowest BCUT2D eigenvalue weighted by Crippen LogP contribution is -2.20. The van der Waals surface area contributed by atoms with E-state index in [1.165, 1.54) is 18.2 Å². The number of Topliss-reactive ketones (excluding diaryl/α,β-unsaturated/α-hetero) is 1. The summed E-state index contributed by atoms with van der Waals surface area (Å²) in [6.07, 6.45) is 1.49. The smallest absolute Gasteiger partial charge is 0.416 e. The summed E-state index contributed by atoms with van der Waals surface area (Å²) in [4.78, 5) is 22.7. The number of rotatable bonds is 11. The van der Waals surface area contributed by atoms with Crippen LogP contribution in [0.2, 0.25) is 0 Å².